The Morgan fingerprint density at radius 1 is 1.09 bits per heavy atom. The number of aromatic nitrogens is 3. The number of hydrogen-bond acceptors (Lipinski definition) is 6. The third-order valence-electron chi connectivity index (χ3n) is 3.50. The average molecular weight is 319 g/mol. The molecule has 0 aliphatic rings. The van der Waals surface area contributed by atoms with Gasteiger partial charge in [0.2, 0.25) is 0 Å². The molecular weight excluding hydrogens is 306 g/mol. The molecule has 0 aliphatic heterocycles. The van der Waals surface area contributed by atoms with Crippen molar-refractivity contribution in [2.45, 2.75) is 6.92 Å². The van der Waals surface area contributed by atoms with Gasteiger partial charge in [-0.25, -0.2) is 4.98 Å². The smallest absolute Gasteiger partial charge is 0.176 e. The first-order chi connectivity index (χ1) is 11.3. The van der Waals surface area contributed by atoms with Gasteiger partial charge in [-0.05, 0) is 19.1 Å². The molecule has 4 rings (SSSR count). The third-order valence-corrected chi connectivity index (χ3v) is 4.65. The summed E-state index contributed by atoms with van der Waals surface area (Å²) in [5.74, 6) is 0.642. The fraction of sp³-hybridized carbons (Fsp3) is 0.0588. The molecule has 1 N–H and O–H groups in total. The molecule has 0 unspecified atom stereocenters. The Morgan fingerprint density at radius 3 is 2.83 bits per heavy atom. The Labute approximate surface area is 136 Å². The number of fused-ring (bicyclic) bond motifs is 2. The minimum Gasteiger partial charge on any atom is -0.259 e. The molecule has 0 spiro atoms. The second-order valence-electron chi connectivity index (χ2n) is 5.08. The standard InChI is InChI=1S/C17H13N5S/c1-11(17-19-14-8-4-5-9-15(14)23-17)20-22-16-13-7-3-2-6-12(13)10-18-21-16/h2-10H,1H3,(H,21,22)/b20-11+. The van der Waals surface area contributed by atoms with Crippen LogP contribution in [-0.4, -0.2) is 20.9 Å². The van der Waals surface area contributed by atoms with Gasteiger partial charge in [-0.1, -0.05) is 36.4 Å². The molecule has 23 heavy (non-hydrogen) atoms. The van der Waals surface area contributed by atoms with Gasteiger partial charge in [0.1, 0.15) is 5.01 Å². The number of hydrogen-bond donors (Lipinski definition) is 1. The molecule has 2 aromatic heterocycles. The third kappa shape index (κ3) is 2.64. The SMILES string of the molecule is C/C(=N\Nc1nncc2ccccc12)c1nc2ccccc2s1. The zero-order chi connectivity index (χ0) is 15.6. The van der Waals surface area contributed by atoms with Crippen molar-refractivity contribution in [1.82, 2.24) is 15.2 Å². The van der Waals surface area contributed by atoms with Crippen molar-refractivity contribution < 1.29 is 0 Å². The van der Waals surface area contributed by atoms with Crippen LogP contribution in [0.15, 0.2) is 59.8 Å². The first-order valence-electron chi connectivity index (χ1n) is 7.18. The molecule has 6 heteroatoms. The van der Waals surface area contributed by atoms with Crippen LogP contribution in [0.4, 0.5) is 5.82 Å². The number of nitrogens with zero attached hydrogens (tertiary/aromatic N) is 4. The van der Waals surface area contributed by atoms with Crippen LogP contribution in [0.3, 0.4) is 0 Å². The monoisotopic (exact) mass is 319 g/mol. The Balaban J connectivity index is 1.67. The maximum atomic E-state index is 4.60. The van der Waals surface area contributed by atoms with Crippen molar-refractivity contribution in [3.63, 3.8) is 0 Å². The zero-order valence-electron chi connectivity index (χ0n) is 12.4. The molecule has 0 aliphatic carbocycles. The number of thiazole rings is 1. The summed E-state index contributed by atoms with van der Waals surface area (Å²) >= 11 is 1.63. The topological polar surface area (TPSA) is 63.1 Å². The van der Waals surface area contributed by atoms with E-state index in [1.807, 2.05) is 49.4 Å². The highest BCUT2D eigenvalue weighted by molar-refractivity contribution is 7.20. The lowest BCUT2D eigenvalue weighted by Gasteiger charge is -2.03. The minimum absolute atomic E-state index is 0.642. The number of nitrogens with one attached hydrogen (secondary N) is 1. The van der Waals surface area contributed by atoms with Gasteiger partial charge in [0.05, 0.1) is 22.1 Å². The van der Waals surface area contributed by atoms with Gasteiger partial charge >= 0.3 is 0 Å². The highest BCUT2D eigenvalue weighted by Gasteiger charge is 2.07. The van der Waals surface area contributed by atoms with Crippen LogP contribution in [0, 0.1) is 0 Å². The summed E-state index contributed by atoms with van der Waals surface area (Å²) in [5, 5.41) is 15.5. The summed E-state index contributed by atoms with van der Waals surface area (Å²) in [5.41, 5.74) is 4.82. The molecule has 0 fully saturated rings. The molecule has 0 radical (unpaired) electrons. The molecule has 0 saturated carbocycles. The fourth-order valence-electron chi connectivity index (χ4n) is 2.32. The van der Waals surface area contributed by atoms with Crippen LogP contribution in [0.2, 0.25) is 0 Å². The van der Waals surface area contributed by atoms with Crippen LogP contribution in [0.25, 0.3) is 21.0 Å². The molecule has 2 aromatic carbocycles. The predicted octanol–water partition coefficient (Wildman–Crippen LogP) is 4.08. The molecule has 4 aromatic rings. The van der Waals surface area contributed by atoms with Gasteiger partial charge in [-0.15, -0.1) is 16.4 Å². The molecule has 0 atom stereocenters. The van der Waals surface area contributed by atoms with Gasteiger partial charge < -0.3 is 0 Å². The lowest BCUT2D eigenvalue weighted by molar-refractivity contribution is 1.04. The zero-order valence-corrected chi connectivity index (χ0v) is 13.2. The minimum atomic E-state index is 0.642. The largest absolute Gasteiger partial charge is 0.259 e. The van der Waals surface area contributed by atoms with E-state index in [0.717, 1.165) is 31.7 Å². The second kappa shape index (κ2) is 5.73. The predicted molar refractivity (Wildman–Crippen MR) is 95.0 cm³/mol. The van der Waals surface area contributed by atoms with Gasteiger partial charge in [0, 0.05) is 10.8 Å². The van der Waals surface area contributed by atoms with Crippen LogP contribution in [0.1, 0.15) is 11.9 Å². The maximum absolute atomic E-state index is 4.60. The molecule has 0 saturated heterocycles. The van der Waals surface area contributed by atoms with Crippen LogP contribution >= 0.6 is 11.3 Å². The lowest BCUT2D eigenvalue weighted by Crippen LogP contribution is -2.01. The molecule has 0 amide bonds. The van der Waals surface area contributed by atoms with Crippen molar-refractivity contribution in [3.8, 4) is 0 Å². The molecule has 5 nitrogen and oxygen atoms in total. The quantitative estimate of drug-likeness (QED) is 0.456. The van der Waals surface area contributed by atoms with Crippen LogP contribution in [-0.2, 0) is 0 Å². The highest BCUT2D eigenvalue weighted by atomic mass is 32.1. The van der Waals surface area contributed by atoms with E-state index in [0.29, 0.717) is 5.82 Å². The summed E-state index contributed by atoms with van der Waals surface area (Å²) in [7, 11) is 0. The van der Waals surface area contributed by atoms with Gasteiger partial charge in [0.15, 0.2) is 5.82 Å². The fourth-order valence-corrected chi connectivity index (χ4v) is 3.23. The number of para-hydroxylation sites is 1. The summed E-state index contributed by atoms with van der Waals surface area (Å²) in [6.07, 6.45) is 1.74. The van der Waals surface area contributed by atoms with E-state index in [1.54, 1.807) is 17.5 Å². The average Bonchev–Trinajstić information content (AvgIpc) is 3.04. The molecule has 0 bridgehead atoms. The number of hydrazone groups is 1. The molecule has 2 heterocycles. The van der Waals surface area contributed by atoms with E-state index < -0.39 is 0 Å². The first-order valence-corrected chi connectivity index (χ1v) is 7.99. The Hall–Kier alpha value is -2.86. The maximum Gasteiger partial charge on any atom is 0.176 e. The number of benzene rings is 2. The van der Waals surface area contributed by atoms with Crippen molar-refractivity contribution >= 4 is 43.9 Å². The van der Waals surface area contributed by atoms with Crippen molar-refractivity contribution in [2.75, 3.05) is 5.43 Å². The van der Waals surface area contributed by atoms with Gasteiger partial charge in [-0.3, -0.25) is 5.43 Å². The summed E-state index contributed by atoms with van der Waals surface area (Å²) in [6, 6.07) is 16.0. The summed E-state index contributed by atoms with van der Waals surface area (Å²) in [4.78, 5) is 4.60. The van der Waals surface area contributed by atoms with E-state index in [4.69, 9.17) is 0 Å². The van der Waals surface area contributed by atoms with Crippen molar-refractivity contribution in [3.05, 3.63) is 59.7 Å². The van der Waals surface area contributed by atoms with Crippen LogP contribution in [0.5, 0.6) is 0 Å². The Morgan fingerprint density at radius 2 is 1.91 bits per heavy atom. The summed E-state index contributed by atoms with van der Waals surface area (Å²) in [6.45, 7) is 1.93. The van der Waals surface area contributed by atoms with E-state index in [2.05, 4.69) is 31.8 Å². The van der Waals surface area contributed by atoms with Gasteiger partial charge in [-0.2, -0.15) is 10.2 Å². The molecule has 112 valence electrons. The Bertz CT molecular complexity index is 983. The summed E-state index contributed by atoms with van der Waals surface area (Å²) < 4.78 is 1.15. The number of anilines is 1. The first kappa shape index (κ1) is 13.8. The van der Waals surface area contributed by atoms with Crippen molar-refractivity contribution in [2.24, 2.45) is 5.10 Å². The Kier molecular flexibility index (Phi) is 3.44. The van der Waals surface area contributed by atoms with E-state index >= 15 is 0 Å². The number of rotatable bonds is 3. The molecular formula is C17H13N5S. The van der Waals surface area contributed by atoms with Crippen LogP contribution < -0.4 is 5.43 Å². The van der Waals surface area contributed by atoms with E-state index in [9.17, 15) is 0 Å². The second-order valence-corrected chi connectivity index (χ2v) is 6.11. The normalized spacial score (nSPS) is 12.0. The van der Waals surface area contributed by atoms with Crippen molar-refractivity contribution in [1.29, 1.82) is 0 Å². The van der Waals surface area contributed by atoms with E-state index in [1.165, 1.54) is 0 Å². The van der Waals surface area contributed by atoms with E-state index in [-0.39, 0.29) is 0 Å². The lowest BCUT2D eigenvalue weighted by atomic mass is 10.2. The highest BCUT2D eigenvalue weighted by Crippen LogP contribution is 2.23. The van der Waals surface area contributed by atoms with Gasteiger partial charge in [0.25, 0.3) is 0 Å².